The molecule has 102 valence electrons. The summed E-state index contributed by atoms with van der Waals surface area (Å²) in [6.07, 6.45) is 7.52. The van der Waals surface area contributed by atoms with Crippen LogP contribution in [0.4, 0.5) is 0 Å². The lowest BCUT2D eigenvalue weighted by Crippen LogP contribution is -2.49. The first-order chi connectivity index (χ1) is 8.74. The van der Waals surface area contributed by atoms with Gasteiger partial charge in [-0.25, -0.2) is 0 Å². The zero-order valence-electron chi connectivity index (χ0n) is 11.1. The molecule has 0 spiro atoms. The van der Waals surface area contributed by atoms with Gasteiger partial charge in [-0.2, -0.15) is 0 Å². The number of carbonyl (C=O) groups is 1. The maximum Gasteiger partial charge on any atom is 0.222 e. The lowest BCUT2D eigenvalue weighted by molar-refractivity contribution is -0.394. The van der Waals surface area contributed by atoms with Crippen molar-refractivity contribution in [1.82, 2.24) is 4.90 Å². The van der Waals surface area contributed by atoms with E-state index >= 15 is 0 Å². The van der Waals surface area contributed by atoms with E-state index in [1.807, 2.05) is 6.92 Å². The lowest BCUT2D eigenvalue weighted by atomic mass is 9.84. The van der Waals surface area contributed by atoms with E-state index in [0.717, 1.165) is 45.1 Å². The van der Waals surface area contributed by atoms with Crippen molar-refractivity contribution < 1.29 is 14.3 Å². The average molecular weight is 253 g/mol. The molecule has 0 atom stereocenters. The third-order valence-corrected chi connectivity index (χ3v) is 4.58. The van der Waals surface area contributed by atoms with Gasteiger partial charge in [0.25, 0.3) is 0 Å². The van der Waals surface area contributed by atoms with Crippen molar-refractivity contribution in [3.05, 3.63) is 0 Å². The number of amides is 1. The standard InChI is InChI=1S/C14H23NO3/c1-10-17-14(18-10)11-5-7-12(8-6-11)15-9-3-2-4-13(15)16/h10-12,14H,2-9H2,1H3. The molecule has 0 bridgehead atoms. The number of rotatable bonds is 2. The topological polar surface area (TPSA) is 38.8 Å². The fourth-order valence-corrected chi connectivity index (χ4v) is 3.51. The Labute approximate surface area is 109 Å². The average Bonchev–Trinajstić information content (AvgIpc) is 2.36. The van der Waals surface area contributed by atoms with Crippen molar-refractivity contribution in [2.24, 2.45) is 5.92 Å². The highest BCUT2D eigenvalue weighted by molar-refractivity contribution is 5.77. The van der Waals surface area contributed by atoms with Crippen molar-refractivity contribution in [1.29, 1.82) is 0 Å². The van der Waals surface area contributed by atoms with Crippen LogP contribution in [0.15, 0.2) is 0 Å². The normalized spacial score (nSPS) is 41.6. The number of ether oxygens (including phenoxy) is 2. The predicted octanol–water partition coefficient (Wildman–Crippen LogP) is 2.28. The highest BCUT2D eigenvalue weighted by atomic mass is 16.9. The van der Waals surface area contributed by atoms with Crippen molar-refractivity contribution in [3.8, 4) is 0 Å². The van der Waals surface area contributed by atoms with Gasteiger partial charge in [0.2, 0.25) is 5.91 Å². The third-order valence-electron chi connectivity index (χ3n) is 4.58. The number of carbonyl (C=O) groups excluding carboxylic acids is 1. The van der Waals surface area contributed by atoms with E-state index in [1.54, 1.807) is 0 Å². The zero-order chi connectivity index (χ0) is 12.5. The van der Waals surface area contributed by atoms with Crippen LogP contribution in [-0.2, 0) is 14.3 Å². The maximum absolute atomic E-state index is 11.9. The van der Waals surface area contributed by atoms with E-state index in [9.17, 15) is 4.79 Å². The van der Waals surface area contributed by atoms with E-state index in [2.05, 4.69) is 4.90 Å². The molecule has 4 nitrogen and oxygen atoms in total. The van der Waals surface area contributed by atoms with Gasteiger partial charge < -0.3 is 14.4 Å². The second-order valence-electron chi connectivity index (χ2n) is 5.82. The summed E-state index contributed by atoms with van der Waals surface area (Å²) in [5.74, 6) is 0.909. The molecule has 0 aromatic heterocycles. The Morgan fingerprint density at radius 2 is 1.83 bits per heavy atom. The second-order valence-corrected chi connectivity index (χ2v) is 5.82. The Kier molecular flexibility index (Phi) is 3.57. The van der Waals surface area contributed by atoms with Gasteiger partial charge in [0, 0.05) is 24.9 Å². The predicted molar refractivity (Wildman–Crippen MR) is 66.7 cm³/mol. The van der Waals surface area contributed by atoms with Crippen molar-refractivity contribution in [2.75, 3.05) is 6.54 Å². The SMILES string of the molecule is CC1OC(C2CCC(N3CCCCC3=O)CC2)O1. The van der Waals surface area contributed by atoms with Gasteiger partial charge in [-0.05, 0) is 45.4 Å². The molecule has 3 aliphatic rings. The van der Waals surface area contributed by atoms with Gasteiger partial charge in [0.15, 0.2) is 12.6 Å². The molecular weight excluding hydrogens is 230 g/mol. The molecule has 2 saturated heterocycles. The third kappa shape index (κ3) is 2.41. The van der Waals surface area contributed by atoms with Gasteiger partial charge in [0.05, 0.1) is 0 Å². The number of likely N-dealkylation sites (tertiary alicyclic amines) is 1. The van der Waals surface area contributed by atoms with Crippen LogP contribution >= 0.6 is 0 Å². The van der Waals surface area contributed by atoms with Crippen LogP contribution in [0.3, 0.4) is 0 Å². The van der Waals surface area contributed by atoms with E-state index in [-0.39, 0.29) is 12.6 Å². The molecule has 4 heteroatoms. The first-order valence-electron chi connectivity index (χ1n) is 7.34. The van der Waals surface area contributed by atoms with E-state index in [1.165, 1.54) is 6.42 Å². The van der Waals surface area contributed by atoms with Crippen LogP contribution < -0.4 is 0 Å². The summed E-state index contributed by atoms with van der Waals surface area (Å²) in [4.78, 5) is 14.0. The van der Waals surface area contributed by atoms with Gasteiger partial charge in [0.1, 0.15) is 0 Å². The van der Waals surface area contributed by atoms with Crippen LogP contribution in [0.5, 0.6) is 0 Å². The first kappa shape index (κ1) is 12.4. The zero-order valence-corrected chi connectivity index (χ0v) is 11.1. The van der Waals surface area contributed by atoms with Crippen molar-refractivity contribution in [3.63, 3.8) is 0 Å². The molecule has 0 radical (unpaired) electrons. The van der Waals surface area contributed by atoms with Crippen molar-refractivity contribution >= 4 is 5.91 Å². The molecule has 1 aliphatic carbocycles. The minimum absolute atomic E-state index is 0.0172. The molecular formula is C14H23NO3. The quantitative estimate of drug-likeness (QED) is 0.758. The highest BCUT2D eigenvalue weighted by Crippen LogP contribution is 2.36. The van der Waals surface area contributed by atoms with E-state index in [4.69, 9.17) is 9.47 Å². The molecule has 0 aromatic carbocycles. The summed E-state index contributed by atoms with van der Waals surface area (Å²) in [6.45, 7) is 2.91. The largest absolute Gasteiger partial charge is 0.340 e. The molecule has 2 aliphatic heterocycles. The minimum atomic E-state index is -0.0172. The number of nitrogens with zero attached hydrogens (tertiary/aromatic N) is 1. The minimum Gasteiger partial charge on any atom is -0.340 e. The monoisotopic (exact) mass is 253 g/mol. The maximum atomic E-state index is 11.9. The molecule has 1 amide bonds. The van der Waals surface area contributed by atoms with Crippen LogP contribution in [-0.4, -0.2) is 36.0 Å². The number of hydrogen-bond donors (Lipinski definition) is 0. The molecule has 3 fully saturated rings. The molecule has 0 aromatic rings. The Balaban J connectivity index is 1.49. The Morgan fingerprint density at radius 3 is 2.44 bits per heavy atom. The van der Waals surface area contributed by atoms with Crippen LogP contribution in [0.2, 0.25) is 0 Å². The molecule has 18 heavy (non-hydrogen) atoms. The summed E-state index contributed by atoms with van der Waals surface area (Å²) in [5, 5.41) is 0. The smallest absolute Gasteiger partial charge is 0.222 e. The van der Waals surface area contributed by atoms with Crippen LogP contribution in [0.25, 0.3) is 0 Å². The van der Waals surface area contributed by atoms with Crippen molar-refractivity contribution in [2.45, 2.75) is 70.5 Å². The molecule has 0 N–H and O–H groups in total. The molecule has 1 saturated carbocycles. The summed E-state index contributed by atoms with van der Waals surface area (Å²) >= 11 is 0. The van der Waals surface area contributed by atoms with Crippen LogP contribution in [0.1, 0.15) is 51.9 Å². The second kappa shape index (κ2) is 5.17. The molecule has 3 rings (SSSR count). The Morgan fingerprint density at radius 1 is 1.11 bits per heavy atom. The summed E-state index contributed by atoms with van der Waals surface area (Å²) in [7, 11) is 0. The molecule has 2 heterocycles. The van der Waals surface area contributed by atoms with E-state index < -0.39 is 0 Å². The van der Waals surface area contributed by atoms with Gasteiger partial charge in [-0.1, -0.05) is 0 Å². The van der Waals surface area contributed by atoms with Gasteiger partial charge in [-0.15, -0.1) is 0 Å². The number of piperidine rings is 1. The lowest BCUT2D eigenvalue weighted by Gasteiger charge is -2.44. The Bertz CT molecular complexity index is 306. The fourth-order valence-electron chi connectivity index (χ4n) is 3.51. The van der Waals surface area contributed by atoms with Gasteiger partial charge in [-0.3, -0.25) is 4.79 Å². The summed E-state index contributed by atoms with van der Waals surface area (Å²) in [5.41, 5.74) is 0. The van der Waals surface area contributed by atoms with Gasteiger partial charge >= 0.3 is 0 Å². The summed E-state index contributed by atoms with van der Waals surface area (Å²) in [6, 6.07) is 0.478. The number of hydrogen-bond acceptors (Lipinski definition) is 3. The Hall–Kier alpha value is -0.610. The van der Waals surface area contributed by atoms with E-state index in [0.29, 0.717) is 17.9 Å². The fraction of sp³-hybridized carbons (Fsp3) is 0.929. The first-order valence-corrected chi connectivity index (χ1v) is 7.34. The summed E-state index contributed by atoms with van der Waals surface area (Å²) < 4.78 is 11.2. The van der Waals surface area contributed by atoms with Crippen LogP contribution in [0, 0.1) is 5.92 Å². The molecule has 0 unspecified atom stereocenters. The highest BCUT2D eigenvalue weighted by Gasteiger charge is 2.38.